The Morgan fingerprint density at radius 2 is 1.51 bits per heavy atom. The van der Waals surface area contributed by atoms with Crippen LogP contribution in [-0.2, 0) is 19.9 Å². The van der Waals surface area contributed by atoms with Gasteiger partial charge in [0.25, 0.3) is 0 Å². The molecule has 0 radical (unpaired) electrons. The third-order valence-electron chi connectivity index (χ3n) is 5.92. The van der Waals surface area contributed by atoms with Crippen LogP contribution in [0.1, 0.15) is 90.1 Å². The van der Waals surface area contributed by atoms with Crippen molar-refractivity contribution in [3.8, 4) is 0 Å². The van der Waals surface area contributed by atoms with Gasteiger partial charge in [-0.3, -0.25) is 4.79 Å². The summed E-state index contributed by atoms with van der Waals surface area (Å²) in [6.45, 7) is 13.3. The van der Waals surface area contributed by atoms with Crippen molar-refractivity contribution in [3.05, 3.63) is 65.7 Å². The number of carbonyl (C=O) groups excluding carboxylic acids is 3. The first kappa shape index (κ1) is 29.9. The molecule has 2 N–H and O–H groups in total. The van der Waals surface area contributed by atoms with E-state index in [1.165, 1.54) is 0 Å². The summed E-state index contributed by atoms with van der Waals surface area (Å²) in [5.74, 6) is -0.595. The highest BCUT2D eigenvalue weighted by Crippen LogP contribution is 2.35. The van der Waals surface area contributed by atoms with Crippen LogP contribution in [0.25, 0.3) is 0 Å². The SMILES string of the molecule is CCC[C@](CC)(OC(=O)c1ccc(NC(=O)[C@H](CC(C)C)NC(=O)OC(C)(C)C)cc1)c1ccccc1. The van der Waals surface area contributed by atoms with E-state index in [4.69, 9.17) is 9.47 Å². The van der Waals surface area contributed by atoms with Crippen LogP contribution in [0.2, 0.25) is 0 Å². The molecule has 0 aromatic heterocycles. The van der Waals surface area contributed by atoms with Crippen molar-refractivity contribution in [1.29, 1.82) is 0 Å². The standard InChI is InChI=1S/C30H42N2O5/c1-8-19-30(9-2,23-13-11-10-12-14-23)36-27(34)22-15-17-24(18-16-22)31-26(33)25(20-21(3)4)32-28(35)37-29(5,6)7/h10-18,21,25H,8-9,19-20H2,1-7H3,(H,31,33)(H,32,35)/t25-,30-/m0/s1. The van der Waals surface area contributed by atoms with Crippen molar-refractivity contribution in [2.24, 2.45) is 5.92 Å². The Kier molecular flexibility index (Phi) is 10.7. The lowest BCUT2D eigenvalue weighted by Crippen LogP contribution is -2.46. The van der Waals surface area contributed by atoms with E-state index >= 15 is 0 Å². The molecule has 0 spiro atoms. The molecule has 2 aromatic carbocycles. The Morgan fingerprint density at radius 3 is 2.03 bits per heavy atom. The average molecular weight is 511 g/mol. The van der Waals surface area contributed by atoms with Crippen LogP contribution in [0.4, 0.5) is 10.5 Å². The first-order valence-electron chi connectivity index (χ1n) is 13.1. The lowest BCUT2D eigenvalue weighted by Gasteiger charge is -2.33. The van der Waals surface area contributed by atoms with Crippen molar-refractivity contribution >= 4 is 23.7 Å². The maximum Gasteiger partial charge on any atom is 0.408 e. The molecule has 0 aliphatic heterocycles. The van der Waals surface area contributed by atoms with Crippen LogP contribution in [0, 0.1) is 5.92 Å². The number of rotatable bonds is 11. The Hall–Kier alpha value is -3.35. The van der Waals surface area contributed by atoms with Gasteiger partial charge in [0.05, 0.1) is 5.56 Å². The fourth-order valence-electron chi connectivity index (χ4n) is 4.16. The van der Waals surface area contributed by atoms with E-state index in [0.717, 1.165) is 18.4 Å². The van der Waals surface area contributed by atoms with E-state index in [0.29, 0.717) is 24.1 Å². The molecule has 2 aromatic rings. The monoisotopic (exact) mass is 510 g/mol. The zero-order valence-electron chi connectivity index (χ0n) is 23.2. The molecule has 202 valence electrons. The molecule has 0 saturated heterocycles. The smallest absolute Gasteiger partial charge is 0.408 e. The van der Waals surface area contributed by atoms with Crippen LogP contribution >= 0.6 is 0 Å². The summed E-state index contributed by atoms with van der Waals surface area (Å²) < 4.78 is 11.4. The van der Waals surface area contributed by atoms with Crippen molar-refractivity contribution in [1.82, 2.24) is 5.32 Å². The van der Waals surface area contributed by atoms with Crippen molar-refractivity contribution < 1.29 is 23.9 Å². The average Bonchev–Trinajstić information content (AvgIpc) is 2.82. The molecular weight excluding hydrogens is 468 g/mol. The number of anilines is 1. The largest absolute Gasteiger partial charge is 0.451 e. The molecule has 2 rings (SSSR count). The van der Waals surface area contributed by atoms with Gasteiger partial charge in [0.1, 0.15) is 17.2 Å². The number of alkyl carbamates (subject to hydrolysis) is 1. The van der Waals surface area contributed by atoms with E-state index in [-0.39, 0.29) is 11.8 Å². The highest BCUT2D eigenvalue weighted by Gasteiger charge is 2.34. The molecule has 0 fully saturated rings. The predicted octanol–water partition coefficient (Wildman–Crippen LogP) is 6.83. The summed E-state index contributed by atoms with van der Waals surface area (Å²) in [6.07, 6.45) is 2.06. The fraction of sp³-hybridized carbons (Fsp3) is 0.500. The molecular formula is C30H42N2O5. The fourth-order valence-corrected chi connectivity index (χ4v) is 4.16. The first-order valence-corrected chi connectivity index (χ1v) is 13.1. The van der Waals surface area contributed by atoms with E-state index in [9.17, 15) is 14.4 Å². The van der Waals surface area contributed by atoms with Gasteiger partial charge in [-0.2, -0.15) is 0 Å². The predicted molar refractivity (Wildman–Crippen MR) is 146 cm³/mol. The Balaban J connectivity index is 2.12. The third-order valence-corrected chi connectivity index (χ3v) is 5.92. The number of ether oxygens (including phenoxy) is 2. The van der Waals surface area contributed by atoms with Gasteiger partial charge >= 0.3 is 12.1 Å². The second-order valence-corrected chi connectivity index (χ2v) is 10.7. The molecule has 0 heterocycles. The van der Waals surface area contributed by atoms with Gasteiger partial charge in [-0.25, -0.2) is 9.59 Å². The van der Waals surface area contributed by atoms with Gasteiger partial charge in [0.15, 0.2) is 0 Å². The highest BCUT2D eigenvalue weighted by molar-refractivity contribution is 5.97. The highest BCUT2D eigenvalue weighted by atomic mass is 16.6. The van der Waals surface area contributed by atoms with Crippen molar-refractivity contribution in [2.45, 2.75) is 91.4 Å². The molecule has 2 atom stereocenters. The molecule has 0 bridgehead atoms. The number of esters is 1. The van der Waals surface area contributed by atoms with E-state index in [1.807, 2.05) is 51.1 Å². The van der Waals surface area contributed by atoms with E-state index in [2.05, 4.69) is 17.6 Å². The lowest BCUT2D eigenvalue weighted by atomic mass is 9.86. The van der Waals surface area contributed by atoms with Gasteiger partial charge in [-0.15, -0.1) is 0 Å². The second-order valence-electron chi connectivity index (χ2n) is 10.7. The third kappa shape index (κ3) is 9.23. The summed E-state index contributed by atoms with van der Waals surface area (Å²) in [4.78, 5) is 38.3. The summed E-state index contributed by atoms with van der Waals surface area (Å²) in [7, 11) is 0. The molecule has 7 heteroatoms. The number of nitrogens with one attached hydrogen (secondary N) is 2. The molecule has 0 aliphatic rings. The zero-order valence-corrected chi connectivity index (χ0v) is 23.2. The molecule has 0 unspecified atom stereocenters. The van der Waals surface area contributed by atoms with E-state index in [1.54, 1.807) is 45.0 Å². The minimum atomic E-state index is -0.760. The van der Waals surface area contributed by atoms with Crippen LogP contribution < -0.4 is 10.6 Å². The van der Waals surface area contributed by atoms with Crippen molar-refractivity contribution in [2.75, 3.05) is 5.32 Å². The van der Waals surface area contributed by atoms with Crippen molar-refractivity contribution in [3.63, 3.8) is 0 Å². The van der Waals surface area contributed by atoms with Crippen LogP contribution in [-0.4, -0.2) is 29.6 Å². The summed E-state index contributed by atoms with van der Waals surface area (Å²) in [6, 6.07) is 15.6. The quantitative estimate of drug-likeness (QED) is 0.323. The topological polar surface area (TPSA) is 93.7 Å². The molecule has 37 heavy (non-hydrogen) atoms. The number of hydrogen-bond acceptors (Lipinski definition) is 5. The summed E-state index contributed by atoms with van der Waals surface area (Å²) in [5.41, 5.74) is 0.524. The van der Waals surface area contributed by atoms with Crippen LogP contribution in [0.3, 0.4) is 0 Å². The summed E-state index contributed by atoms with van der Waals surface area (Å²) >= 11 is 0. The minimum Gasteiger partial charge on any atom is -0.451 e. The lowest BCUT2D eigenvalue weighted by molar-refractivity contribution is -0.118. The number of carbonyl (C=O) groups is 3. The van der Waals surface area contributed by atoms with Gasteiger partial charge in [-0.1, -0.05) is 64.4 Å². The minimum absolute atomic E-state index is 0.175. The first-order chi connectivity index (χ1) is 17.4. The summed E-state index contributed by atoms with van der Waals surface area (Å²) in [5, 5.41) is 5.49. The molecule has 0 aliphatic carbocycles. The maximum atomic E-state index is 13.1. The van der Waals surface area contributed by atoms with Crippen LogP contribution in [0.5, 0.6) is 0 Å². The molecule has 0 saturated carbocycles. The Bertz CT molecular complexity index is 1030. The van der Waals surface area contributed by atoms with Gasteiger partial charge in [0, 0.05) is 5.69 Å². The number of benzene rings is 2. The molecule has 7 nitrogen and oxygen atoms in total. The Morgan fingerprint density at radius 1 is 0.892 bits per heavy atom. The molecule has 2 amide bonds. The zero-order chi connectivity index (χ0) is 27.6. The van der Waals surface area contributed by atoms with E-state index < -0.39 is 29.3 Å². The van der Waals surface area contributed by atoms with Crippen LogP contribution in [0.15, 0.2) is 54.6 Å². The normalized spacial score (nSPS) is 13.8. The second kappa shape index (κ2) is 13.3. The van der Waals surface area contributed by atoms with Gasteiger partial charge in [-0.05, 0) is 75.8 Å². The Labute approximate surface area is 221 Å². The number of amides is 2. The number of hydrogen-bond donors (Lipinski definition) is 2. The maximum absolute atomic E-state index is 13.1. The van der Waals surface area contributed by atoms with Gasteiger partial charge < -0.3 is 20.1 Å². The van der Waals surface area contributed by atoms with Gasteiger partial charge in [0.2, 0.25) is 5.91 Å².